The van der Waals surface area contributed by atoms with Crippen molar-refractivity contribution < 1.29 is 9.53 Å². The summed E-state index contributed by atoms with van der Waals surface area (Å²) in [6, 6.07) is 6.19. The topological polar surface area (TPSA) is 26.3 Å². The molecule has 0 bridgehead atoms. The molecule has 17 heavy (non-hydrogen) atoms. The zero-order valence-electron chi connectivity index (χ0n) is 11.2. The van der Waals surface area contributed by atoms with Crippen LogP contribution in [-0.2, 0) is 9.53 Å². The maximum atomic E-state index is 11.9. The minimum atomic E-state index is -0.390. The van der Waals surface area contributed by atoms with Crippen LogP contribution < -0.4 is 0 Å². The number of hydrogen-bond acceptors (Lipinski definition) is 2. The summed E-state index contributed by atoms with van der Waals surface area (Å²) in [5.41, 5.74) is 3.34. The van der Waals surface area contributed by atoms with Crippen LogP contribution in [0.15, 0.2) is 18.2 Å². The van der Waals surface area contributed by atoms with Crippen molar-refractivity contribution in [3.05, 3.63) is 34.9 Å². The predicted octanol–water partition coefficient (Wildman–Crippen LogP) is 3.75. The van der Waals surface area contributed by atoms with E-state index >= 15 is 0 Å². The number of Topliss-reactive ketones (excluding diaryl/α,β-unsaturated/α-hetero) is 1. The predicted molar refractivity (Wildman–Crippen MR) is 70.2 cm³/mol. The summed E-state index contributed by atoms with van der Waals surface area (Å²) in [4.78, 5) is 11.9. The number of ether oxygens (including phenoxy) is 1. The Morgan fingerprint density at radius 2 is 1.76 bits per heavy atom. The zero-order chi connectivity index (χ0) is 12.8. The molecule has 0 aliphatic heterocycles. The standard InChI is InChI=1S/C15H22O2/c1-5-7-17-15(14(16)6-2)13-9-11(3)8-12(4)10-13/h8-10,15H,5-7H2,1-4H3. The second-order valence-corrected chi connectivity index (χ2v) is 4.49. The summed E-state index contributed by atoms with van der Waals surface area (Å²) in [5, 5.41) is 0. The third kappa shape index (κ3) is 3.97. The van der Waals surface area contributed by atoms with E-state index in [4.69, 9.17) is 4.74 Å². The first kappa shape index (κ1) is 13.9. The molecule has 1 atom stereocenters. The minimum Gasteiger partial charge on any atom is -0.366 e. The summed E-state index contributed by atoms with van der Waals surface area (Å²) in [7, 11) is 0. The molecular weight excluding hydrogens is 212 g/mol. The third-order valence-corrected chi connectivity index (χ3v) is 2.68. The number of rotatable bonds is 6. The molecular formula is C15H22O2. The van der Waals surface area contributed by atoms with Crippen molar-refractivity contribution in [2.75, 3.05) is 6.61 Å². The fraction of sp³-hybridized carbons (Fsp3) is 0.533. The van der Waals surface area contributed by atoms with Crippen LogP contribution in [0.4, 0.5) is 0 Å². The second-order valence-electron chi connectivity index (χ2n) is 4.49. The lowest BCUT2D eigenvalue weighted by atomic mass is 9.99. The zero-order valence-corrected chi connectivity index (χ0v) is 11.2. The van der Waals surface area contributed by atoms with Gasteiger partial charge in [-0.25, -0.2) is 0 Å². The Bertz CT molecular complexity index is 362. The average Bonchev–Trinajstić information content (AvgIpc) is 2.28. The molecule has 0 heterocycles. The van der Waals surface area contributed by atoms with E-state index in [0.717, 1.165) is 12.0 Å². The summed E-state index contributed by atoms with van der Waals surface area (Å²) in [6.07, 6.45) is 1.05. The van der Waals surface area contributed by atoms with Gasteiger partial charge < -0.3 is 4.74 Å². The smallest absolute Gasteiger partial charge is 0.165 e. The van der Waals surface area contributed by atoms with Gasteiger partial charge in [0.2, 0.25) is 0 Å². The van der Waals surface area contributed by atoms with Gasteiger partial charge in [0.05, 0.1) is 0 Å². The van der Waals surface area contributed by atoms with Gasteiger partial charge in [0.25, 0.3) is 0 Å². The number of carbonyl (C=O) groups is 1. The highest BCUT2D eigenvalue weighted by molar-refractivity contribution is 5.84. The Morgan fingerprint density at radius 1 is 1.18 bits per heavy atom. The molecule has 0 fully saturated rings. The van der Waals surface area contributed by atoms with Gasteiger partial charge in [-0.2, -0.15) is 0 Å². The van der Waals surface area contributed by atoms with Crippen molar-refractivity contribution in [3.63, 3.8) is 0 Å². The van der Waals surface area contributed by atoms with Gasteiger partial charge in [-0.15, -0.1) is 0 Å². The normalized spacial score (nSPS) is 12.5. The number of carbonyl (C=O) groups excluding carboxylic acids is 1. The number of benzene rings is 1. The molecule has 0 aliphatic rings. The SMILES string of the molecule is CCCOC(C(=O)CC)c1cc(C)cc(C)c1. The molecule has 2 heteroatoms. The van der Waals surface area contributed by atoms with Gasteiger partial charge in [-0.3, -0.25) is 4.79 Å². The monoisotopic (exact) mass is 234 g/mol. The Kier molecular flexibility index (Phi) is 5.36. The highest BCUT2D eigenvalue weighted by atomic mass is 16.5. The van der Waals surface area contributed by atoms with Crippen molar-refractivity contribution in [2.24, 2.45) is 0 Å². The van der Waals surface area contributed by atoms with Crippen molar-refractivity contribution in [3.8, 4) is 0 Å². The van der Waals surface area contributed by atoms with Crippen LogP contribution >= 0.6 is 0 Å². The summed E-state index contributed by atoms with van der Waals surface area (Å²) < 4.78 is 5.69. The van der Waals surface area contributed by atoms with E-state index in [-0.39, 0.29) is 5.78 Å². The molecule has 0 saturated carbocycles. The fourth-order valence-electron chi connectivity index (χ4n) is 1.96. The van der Waals surface area contributed by atoms with Crippen LogP contribution in [0.25, 0.3) is 0 Å². The summed E-state index contributed by atoms with van der Waals surface area (Å²) in [6.45, 7) is 8.65. The third-order valence-electron chi connectivity index (χ3n) is 2.68. The van der Waals surface area contributed by atoms with Gasteiger partial charge in [-0.05, 0) is 25.8 Å². The van der Waals surface area contributed by atoms with Crippen LogP contribution in [0.5, 0.6) is 0 Å². The molecule has 94 valence electrons. The molecule has 0 aromatic heterocycles. The van der Waals surface area contributed by atoms with Crippen LogP contribution in [-0.4, -0.2) is 12.4 Å². The van der Waals surface area contributed by atoms with Crippen LogP contribution in [0.2, 0.25) is 0 Å². The lowest BCUT2D eigenvalue weighted by molar-refractivity contribution is -0.130. The Balaban J connectivity index is 2.98. The van der Waals surface area contributed by atoms with Crippen LogP contribution in [0, 0.1) is 13.8 Å². The Morgan fingerprint density at radius 3 is 2.24 bits per heavy atom. The van der Waals surface area contributed by atoms with Crippen molar-refractivity contribution in [1.82, 2.24) is 0 Å². The first-order valence-corrected chi connectivity index (χ1v) is 6.31. The molecule has 0 saturated heterocycles. The van der Waals surface area contributed by atoms with Crippen LogP contribution in [0.1, 0.15) is 49.5 Å². The lowest BCUT2D eigenvalue weighted by Gasteiger charge is -2.17. The lowest BCUT2D eigenvalue weighted by Crippen LogP contribution is -2.16. The largest absolute Gasteiger partial charge is 0.366 e. The molecule has 1 aromatic rings. The van der Waals surface area contributed by atoms with E-state index in [1.807, 2.05) is 32.9 Å². The van der Waals surface area contributed by atoms with Gasteiger partial charge in [0.15, 0.2) is 5.78 Å². The van der Waals surface area contributed by atoms with Crippen molar-refractivity contribution >= 4 is 5.78 Å². The maximum Gasteiger partial charge on any atom is 0.165 e. The van der Waals surface area contributed by atoms with Crippen molar-refractivity contribution in [2.45, 2.75) is 46.6 Å². The van der Waals surface area contributed by atoms with Gasteiger partial charge in [0, 0.05) is 13.0 Å². The highest BCUT2D eigenvalue weighted by Gasteiger charge is 2.19. The number of ketones is 1. The van der Waals surface area contributed by atoms with Crippen LogP contribution in [0.3, 0.4) is 0 Å². The van der Waals surface area contributed by atoms with E-state index in [1.54, 1.807) is 0 Å². The second kappa shape index (κ2) is 6.55. The molecule has 0 radical (unpaired) electrons. The quantitative estimate of drug-likeness (QED) is 0.749. The Hall–Kier alpha value is -1.15. The van der Waals surface area contributed by atoms with E-state index < -0.39 is 6.10 Å². The van der Waals surface area contributed by atoms with Crippen molar-refractivity contribution in [1.29, 1.82) is 0 Å². The highest BCUT2D eigenvalue weighted by Crippen LogP contribution is 2.22. The van der Waals surface area contributed by atoms with Gasteiger partial charge >= 0.3 is 0 Å². The summed E-state index contributed by atoms with van der Waals surface area (Å²) in [5.74, 6) is 0.156. The molecule has 0 N–H and O–H groups in total. The fourth-order valence-corrected chi connectivity index (χ4v) is 1.96. The molecule has 2 nitrogen and oxygen atoms in total. The van der Waals surface area contributed by atoms with E-state index in [1.165, 1.54) is 11.1 Å². The molecule has 1 aromatic carbocycles. The molecule has 0 amide bonds. The molecule has 0 spiro atoms. The number of aryl methyl sites for hydroxylation is 2. The first-order chi connectivity index (χ1) is 8.08. The Labute approximate surface area is 104 Å². The van der Waals surface area contributed by atoms with E-state index in [0.29, 0.717) is 13.0 Å². The van der Waals surface area contributed by atoms with E-state index in [9.17, 15) is 4.79 Å². The van der Waals surface area contributed by atoms with Gasteiger partial charge in [0.1, 0.15) is 6.10 Å². The van der Waals surface area contributed by atoms with Gasteiger partial charge in [-0.1, -0.05) is 43.2 Å². The minimum absolute atomic E-state index is 0.156. The number of hydrogen-bond donors (Lipinski definition) is 0. The van der Waals surface area contributed by atoms with E-state index in [2.05, 4.69) is 13.0 Å². The molecule has 0 aliphatic carbocycles. The average molecular weight is 234 g/mol. The molecule has 1 unspecified atom stereocenters. The first-order valence-electron chi connectivity index (χ1n) is 6.31. The maximum absolute atomic E-state index is 11.9. The molecule has 1 rings (SSSR count). The summed E-state index contributed by atoms with van der Waals surface area (Å²) >= 11 is 0.